The molecule has 0 radical (unpaired) electrons. The molecule has 34 heavy (non-hydrogen) atoms. The molecule has 5 rings (SSSR count). The maximum Gasteiger partial charge on any atom is 0.252 e. The van der Waals surface area contributed by atoms with E-state index >= 15 is 0 Å². The molecule has 0 unspecified atom stereocenters. The summed E-state index contributed by atoms with van der Waals surface area (Å²) in [5.74, 6) is 0.900. The van der Waals surface area contributed by atoms with Crippen LogP contribution in [0.2, 0.25) is 0 Å². The molecule has 2 fully saturated rings. The van der Waals surface area contributed by atoms with Crippen LogP contribution in [0.4, 0.5) is 0 Å². The maximum atomic E-state index is 13.1. The summed E-state index contributed by atoms with van der Waals surface area (Å²) >= 11 is 0. The zero-order valence-electron chi connectivity index (χ0n) is 20.4. The molecule has 1 aliphatic heterocycles. The quantitative estimate of drug-likeness (QED) is 0.508. The van der Waals surface area contributed by atoms with Gasteiger partial charge in [0.2, 0.25) is 0 Å². The normalized spacial score (nSPS) is 20.0. The fourth-order valence-corrected chi connectivity index (χ4v) is 5.69. The molecule has 1 saturated carbocycles. The van der Waals surface area contributed by atoms with Gasteiger partial charge in [-0.25, -0.2) is 4.68 Å². The zero-order chi connectivity index (χ0) is 23.5. The van der Waals surface area contributed by atoms with Gasteiger partial charge in [0.1, 0.15) is 0 Å². The van der Waals surface area contributed by atoms with Crippen molar-refractivity contribution in [2.24, 2.45) is 0 Å². The van der Waals surface area contributed by atoms with Gasteiger partial charge in [0, 0.05) is 30.3 Å². The van der Waals surface area contributed by atoms with Crippen LogP contribution < -0.4 is 5.56 Å². The second-order valence-electron chi connectivity index (χ2n) is 9.98. The lowest BCUT2D eigenvalue weighted by molar-refractivity contribution is 0.0828. The van der Waals surface area contributed by atoms with Crippen molar-refractivity contribution in [1.29, 1.82) is 0 Å². The Morgan fingerprint density at radius 3 is 2.82 bits per heavy atom. The van der Waals surface area contributed by atoms with Gasteiger partial charge >= 0.3 is 0 Å². The molecule has 1 aromatic carbocycles. The SMILES string of the molecule is CCC[C@H](c1nnnn1C[C@@H]1CCCO1)N(Cc1cc2cc(C)ccc2[nH]c1=O)C1CCCC1. The Kier molecular flexibility index (Phi) is 7.06. The Balaban J connectivity index is 1.49. The molecule has 2 aromatic heterocycles. The molecule has 1 aliphatic carbocycles. The Bertz CT molecular complexity index is 1160. The predicted octanol–water partition coefficient (Wildman–Crippen LogP) is 4.29. The van der Waals surface area contributed by atoms with Crippen LogP contribution in [0.15, 0.2) is 29.1 Å². The highest BCUT2D eigenvalue weighted by Crippen LogP contribution is 2.34. The number of ether oxygens (including phenoxy) is 1. The van der Waals surface area contributed by atoms with Crippen LogP contribution in [0.25, 0.3) is 10.9 Å². The molecule has 1 N–H and O–H groups in total. The van der Waals surface area contributed by atoms with Gasteiger partial charge in [-0.1, -0.05) is 37.8 Å². The first kappa shape index (κ1) is 23.2. The van der Waals surface area contributed by atoms with Crippen LogP contribution in [-0.4, -0.2) is 48.8 Å². The number of nitrogens with zero attached hydrogens (tertiary/aromatic N) is 5. The van der Waals surface area contributed by atoms with E-state index in [2.05, 4.69) is 51.4 Å². The Hall–Kier alpha value is -2.58. The third-order valence-corrected chi connectivity index (χ3v) is 7.44. The van der Waals surface area contributed by atoms with E-state index in [4.69, 9.17) is 4.74 Å². The highest BCUT2D eigenvalue weighted by atomic mass is 16.5. The predicted molar refractivity (Wildman–Crippen MR) is 132 cm³/mol. The van der Waals surface area contributed by atoms with Gasteiger partial charge in [-0.2, -0.15) is 0 Å². The van der Waals surface area contributed by atoms with Gasteiger partial charge in [0.05, 0.1) is 18.7 Å². The fourth-order valence-electron chi connectivity index (χ4n) is 5.69. The van der Waals surface area contributed by atoms with Crippen molar-refractivity contribution in [2.75, 3.05) is 6.61 Å². The van der Waals surface area contributed by atoms with Crippen molar-refractivity contribution >= 4 is 10.9 Å². The van der Waals surface area contributed by atoms with Crippen molar-refractivity contribution in [3.63, 3.8) is 0 Å². The van der Waals surface area contributed by atoms with Gasteiger partial charge in [0.25, 0.3) is 5.56 Å². The number of hydrogen-bond donors (Lipinski definition) is 1. The van der Waals surface area contributed by atoms with Crippen LogP contribution in [0.3, 0.4) is 0 Å². The largest absolute Gasteiger partial charge is 0.376 e. The lowest BCUT2D eigenvalue weighted by atomic mass is 10.0. The second-order valence-corrected chi connectivity index (χ2v) is 9.98. The molecule has 2 atom stereocenters. The standard InChI is InChI=1S/C26H36N6O2/c1-3-7-24(25-28-29-30-32(25)17-22-10-6-13-34-22)31(21-8-4-5-9-21)16-20-15-19-14-18(2)11-12-23(19)27-26(20)33/h11-12,14-15,21-22,24H,3-10,13,16-17H2,1-2H3,(H,27,33)/t22-,24+/m0/s1. The van der Waals surface area contributed by atoms with Crippen molar-refractivity contribution in [1.82, 2.24) is 30.1 Å². The third kappa shape index (κ3) is 4.93. The lowest BCUT2D eigenvalue weighted by Crippen LogP contribution is -2.39. The van der Waals surface area contributed by atoms with Gasteiger partial charge in [-0.05, 0) is 73.0 Å². The number of benzene rings is 1. The summed E-state index contributed by atoms with van der Waals surface area (Å²) in [6.07, 6.45) is 9.06. The average molecular weight is 465 g/mol. The summed E-state index contributed by atoms with van der Waals surface area (Å²) in [7, 11) is 0. The summed E-state index contributed by atoms with van der Waals surface area (Å²) in [6, 6.07) is 8.73. The topological polar surface area (TPSA) is 88.9 Å². The molecule has 182 valence electrons. The molecule has 8 heteroatoms. The zero-order valence-corrected chi connectivity index (χ0v) is 20.4. The van der Waals surface area contributed by atoms with Crippen molar-refractivity contribution in [3.05, 3.63) is 51.6 Å². The first-order valence-corrected chi connectivity index (χ1v) is 12.9. The number of H-pyrrole nitrogens is 1. The average Bonchev–Trinajstić information content (AvgIpc) is 3.60. The van der Waals surface area contributed by atoms with Crippen LogP contribution in [0.5, 0.6) is 0 Å². The molecule has 0 bridgehead atoms. The van der Waals surface area contributed by atoms with Crippen molar-refractivity contribution < 1.29 is 4.74 Å². The summed E-state index contributed by atoms with van der Waals surface area (Å²) < 4.78 is 7.82. The van der Waals surface area contributed by atoms with E-state index < -0.39 is 0 Å². The molecule has 2 aliphatic rings. The van der Waals surface area contributed by atoms with Gasteiger partial charge in [0.15, 0.2) is 5.82 Å². The number of nitrogens with one attached hydrogen (secondary N) is 1. The van der Waals surface area contributed by atoms with Crippen molar-refractivity contribution in [2.45, 2.75) is 96.5 Å². The first-order chi connectivity index (χ1) is 16.6. The Labute approximate surface area is 200 Å². The summed E-state index contributed by atoms with van der Waals surface area (Å²) in [5, 5.41) is 14.0. The molecule has 0 amide bonds. The molecular weight excluding hydrogens is 428 g/mol. The number of aromatic amines is 1. The van der Waals surface area contributed by atoms with E-state index in [1.807, 2.05) is 16.8 Å². The minimum atomic E-state index is -0.00598. The summed E-state index contributed by atoms with van der Waals surface area (Å²) in [4.78, 5) is 18.7. The Morgan fingerprint density at radius 2 is 2.06 bits per heavy atom. The van der Waals surface area contributed by atoms with E-state index in [9.17, 15) is 4.79 Å². The molecule has 0 spiro atoms. The lowest BCUT2D eigenvalue weighted by Gasteiger charge is -2.35. The maximum absolute atomic E-state index is 13.1. The van der Waals surface area contributed by atoms with Crippen LogP contribution in [0, 0.1) is 6.92 Å². The van der Waals surface area contributed by atoms with Crippen LogP contribution >= 0.6 is 0 Å². The van der Waals surface area contributed by atoms with Crippen molar-refractivity contribution in [3.8, 4) is 0 Å². The van der Waals surface area contributed by atoms with E-state index in [-0.39, 0.29) is 17.7 Å². The van der Waals surface area contributed by atoms with Crippen LogP contribution in [-0.2, 0) is 17.8 Å². The fraction of sp³-hybridized carbons (Fsp3) is 0.615. The summed E-state index contributed by atoms with van der Waals surface area (Å²) in [6.45, 7) is 6.40. The minimum Gasteiger partial charge on any atom is -0.376 e. The first-order valence-electron chi connectivity index (χ1n) is 12.9. The van der Waals surface area contributed by atoms with Gasteiger partial charge in [-0.15, -0.1) is 5.10 Å². The highest BCUT2D eigenvalue weighted by Gasteiger charge is 2.33. The highest BCUT2D eigenvalue weighted by molar-refractivity contribution is 5.79. The summed E-state index contributed by atoms with van der Waals surface area (Å²) in [5.41, 5.74) is 2.88. The molecule has 1 saturated heterocycles. The van der Waals surface area contributed by atoms with E-state index in [0.717, 1.165) is 67.4 Å². The number of pyridine rings is 1. The van der Waals surface area contributed by atoms with E-state index in [0.29, 0.717) is 19.1 Å². The van der Waals surface area contributed by atoms with Gasteiger partial charge < -0.3 is 9.72 Å². The Morgan fingerprint density at radius 1 is 1.21 bits per heavy atom. The number of aromatic nitrogens is 5. The van der Waals surface area contributed by atoms with Gasteiger partial charge in [-0.3, -0.25) is 9.69 Å². The minimum absolute atomic E-state index is 0.00598. The number of tetrazole rings is 1. The smallest absolute Gasteiger partial charge is 0.252 e. The monoisotopic (exact) mass is 464 g/mol. The third-order valence-electron chi connectivity index (χ3n) is 7.44. The number of rotatable bonds is 9. The molecular formula is C26H36N6O2. The van der Waals surface area contributed by atoms with E-state index in [1.165, 1.54) is 18.4 Å². The van der Waals surface area contributed by atoms with Crippen LogP contribution in [0.1, 0.15) is 81.3 Å². The molecule has 3 aromatic rings. The number of fused-ring (bicyclic) bond motifs is 1. The van der Waals surface area contributed by atoms with E-state index in [1.54, 1.807) is 0 Å². The molecule has 3 heterocycles. The second kappa shape index (κ2) is 10.4. The number of aryl methyl sites for hydroxylation is 1. The number of hydrogen-bond acceptors (Lipinski definition) is 6. The molecule has 8 nitrogen and oxygen atoms in total.